The molecule has 3 heteroatoms. The maximum absolute atomic E-state index is 4.22. The lowest BCUT2D eigenvalue weighted by Crippen LogP contribution is -2.19. The Bertz CT molecular complexity index is 431. The molecule has 0 saturated heterocycles. The molecule has 1 aromatic heterocycles. The van der Waals surface area contributed by atoms with Crippen molar-refractivity contribution in [2.24, 2.45) is 0 Å². The molecule has 1 heterocycles. The van der Waals surface area contributed by atoms with Crippen LogP contribution in [-0.4, -0.2) is 16.3 Å². The Hall–Kier alpha value is -1.61. The van der Waals surface area contributed by atoms with Gasteiger partial charge in [0.25, 0.3) is 0 Å². The molecule has 17 heavy (non-hydrogen) atoms. The highest BCUT2D eigenvalue weighted by Crippen LogP contribution is 2.18. The third-order valence-corrected chi connectivity index (χ3v) is 2.92. The maximum atomic E-state index is 4.22. The summed E-state index contributed by atoms with van der Waals surface area (Å²) in [5, 5.41) is 7.70. The first-order valence-corrected chi connectivity index (χ1v) is 6.18. The lowest BCUT2D eigenvalue weighted by molar-refractivity contribution is 0.537. The van der Waals surface area contributed by atoms with Gasteiger partial charge >= 0.3 is 0 Å². The van der Waals surface area contributed by atoms with Crippen LogP contribution >= 0.6 is 0 Å². The van der Waals surface area contributed by atoms with Crippen LogP contribution in [0.1, 0.15) is 31.9 Å². The second-order valence-electron chi connectivity index (χ2n) is 4.06. The molecule has 0 aliphatic carbocycles. The quantitative estimate of drug-likeness (QED) is 0.854. The summed E-state index contributed by atoms with van der Waals surface area (Å²) in [6.07, 6.45) is 4.85. The monoisotopic (exact) mass is 229 g/mol. The van der Waals surface area contributed by atoms with Crippen LogP contribution in [0.4, 0.5) is 0 Å². The second kappa shape index (κ2) is 5.64. The fourth-order valence-corrected chi connectivity index (χ4v) is 2.03. The van der Waals surface area contributed by atoms with E-state index in [9.17, 15) is 0 Å². The Morgan fingerprint density at radius 3 is 2.53 bits per heavy atom. The number of hydrogen-bond donors (Lipinski definition) is 1. The molecule has 0 fully saturated rings. The summed E-state index contributed by atoms with van der Waals surface area (Å²) >= 11 is 0. The van der Waals surface area contributed by atoms with E-state index in [1.807, 2.05) is 16.9 Å². The van der Waals surface area contributed by atoms with Crippen LogP contribution in [-0.2, 0) is 0 Å². The van der Waals surface area contributed by atoms with Gasteiger partial charge < -0.3 is 5.32 Å². The third kappa shape index (κ3) is 2.74. The Labute approximate surface area is 102 Å². The first-order chi connectivity index (χ1) is 8.35. The predicted molar refractivity (Wildman–Crippen MR) is 70.3 cm³/mol. The van der Waals surface area contributed by atoms with Crippen LogP contribution in [0.15, 0.2) is 42.7 Å². The van der Waals surface area contributed by atoms with Gasteiger partial charge in [0.2, 0.25) is 0 Å². The summed E-state index contributed by atoms with van der Waals surface area (Å²) in [5.74, 6) is 0. The Kier molecular flexibility index (Phi) is 3.94. The van der Waals surface area contributed by atoms with E-state index in [1.165, 1.54) is 5.56 Å². The van der Waals surface area contributed by atoms with Gasteiger partial charge in [-0.05, 0) is 36.7 Å². The number of rotatable bonds is 5. The molecule has 1 atom stereocenters. The third-order valence-electron chi connectivity index (χ3n) is 2.92. The minimum Gasteiger partial charge on any atom is -0.310 e. The lowest BCUT2D eigenvalue weighted by Gasteiger charge is -2.16. The summed E-state index contributed by atoms with van der Waals surface area (Å²) in [6.45, 7) is 5.34. The van der Waals surface area contributed by atoms with Crippen LogP contribution < -0.4 is 5.32 Å². The van der Waals surface area contributed by atoms with Gasteiger partial charge in [0.05, 0.1) is 5.69 Å². The molecule has 1 unspecified atom stereocenters. The number of benzene rings is 1. The Morgan fingerprint density at radius 2 is 2.00 bits per heavy atom. The van der Waals surface area contributed by atoms with Crippen molar-refractivity contribution in [2.75, 3.05) is 6.54 Å². The normalized spacial score (nSPS) is 12.6. The predicted octanol–water partition coefficient (Wildman–Crippen LogP) is 2.93. The largest absolute Gasteiger partial charge is 0.310 e. The SMILES string of the molecule is CCNC(CC)c1ccc(-n2cccn2)cc1. The van der Waals surface area contributed by atoms with E-state index in [-0.39, 0.29) is 0 Å². The Balaban J connectivity index is 2.17. The maximum Gasteiger partial charge on any atom is 0.0645 e. The second-order valence-corrected chi connectivity index (χ2v) is 4.06. The van der Waals surface area contributed by atoms with Gasteiger partial charge in [-0.2, -0.15) is 5.10 Å². The molecule has 0 saturated carbocycles. The molecule has 1 N–H and O–H groups in total. The van der Waals surface area contributed by atoms with Crippen molar-refractivity contribution in [3.8, 4) is 5.69 Å². The number of aromatic nitrogens is 2. The van der Waals surface area contributed by atoms with Crippen molar-refractivity contribution in [1.29, 1.82) is 0 Å². The van der Waals surface area contributed by atoms with E-state index in [2.05, 4.69) is 48.5 Å². The van der Waals surface area contributed by atoms with E-state index < -0.39 is 0 Å². The summed E-state index contributed by atoms with van der Waals surface area (Å²) in [5.41, 5.74) is 2.44. The highest BCUT2D eigenvalue weighted by atomic mass is 15.3. The Morgan fingerprint density at radius 1 is 1.24 bits per heavy atom. The summed E-state index contributed by atoms with van der Waals surface area (Å²) in [6, 6.07) is 11.0. The van der Waals surface area contributed by atoms with Gasteiger partial charge in [-0.3, -0.25) is 0 Å². The summed E-state index contributed by atoms with van der Waals surface area (Å²) in [4.78, 5) is 0. The van der Waals surface area contributed by atoms with E-state index in [4.69, 9.17) is 0 Å². The molecular formula is C14H19N3. The molecule has 0 spiro atoms. The van der Waals surface area contributed by atoms with E-state index in [0.29, 0.717) is 6.04 Å². The van der Waals surface area contributed by atoms with Crippen molar-refractivity contribution >= 4 is 0 Å². The summed E-state index contributed by atoms with van der Waals surface area (Å²) in [7, 11) is 0. The molecule has 2 aromatic rings. The zero-order valence-electron chi connectivity index (χ0n) is 10.4. The van der Waals surface area contributed by atoms with Crippen LogP contribution in [0.25, 0.3) is 5.69 Å². The van der Waals surface area contributed by atoms with Crippen molar-refractivity contribution in [2.45, 2.75) is 26.3 Å². The van der Waals surface area contributed by atoms with E-state index in [0.717, 1.165) is 18.7 Å². The van der Waals surface area contributed by atoms with Crippen molar-refractivity contribution in [1.82, 2.24) is 15.1 Å². The van der Waals surface area contributed by atoms with Gasteiger partial charge in [-0.15, -0.1) is 0 Å². The van der Waals surface area contributed by atoms with Gasteiger partial charge in [0.15, 0.2) is 0 Å². The minimum atomic E-state index is 0.451. The van der Waals surface area contributed by atoms with Crippen LogP contribution in [0.5, 0.6) is 0 Å². The molecular weight excluding hydrogens is 210 g/mol. The smallest absolute Gasteiger partial charge is 0.0645 e. The number of nitrogens with one attached hydrogen (secondary N) is 1. The first-order valence-electron chi connectivity index (χ1n) is 6.18. The van der Waals surface area contributed by atoms with Gasteiger partial charge in [0, 0.05) is 18.4 Å². The topological polar surface area (TPSA) is 29.9 Å². The molecule has 1 aromatic carbocycles. The van der Waals surface area contributed by atoms with Gasteiger partial charge in [-0.1, -0.05) is 26.0 Å². The van der Waals surface area contributed by atoms with E-state index >= 15 is 0 Å². The average molecular weight is 229 g/mol. The molecule has 0 aliphatic heterocycles. The van der Waals surface area contributed by atoms with Crippen molar-refractivity contribution in [3.63, 3.8) is 0 Å². The number of hydrogen-bond acceptors (Lipinski definition) is 2. The molecule has 2 rings (SSSR count). The average Bonchev–Trinajstić information content (AvgIpc) is 2.90. The number of nitrogens with zero attached hydrogens (tertiary/aromatic N) is 2. The van der Waals surface area contributed by atoms with Crippen LogP contribution in [0, 0.1) is 0 Å². The molecule has 0 amide bonds. The summed E-state index contributed by atoms with van der Waals surface area (Å²) < 4.78 is 1.87. The van der Waals surface area contributed by atoms with E-state index in [1.54, 1.807) is 6.20 Å². The molecule has 3 nitrogen and oxygen atoms in total. The molecule has 0 radical (unpaired) electrons. The van der Waals surface area contributed by atoms with Crippen LogP contribution in [0.3, 0.4) is 0 Å². The molecule has 0 aliphatic rings. The standard InChI is InChI=1S/C14H19N3/c1-3-14(15-4-2)12-6-8-13(9-7-12)17-11-5-10-16-17/h5-11,14-15H,3-4H2,1-2H3. The molecule has 0 bridgehead atoms. The first kappa shape index (κ1) is 11.9. The van der Waals surface area contributed by atoms with Crippen LogP contribution in [0.2, 0.25) is 0 Å². The van der Waals surface area contributed by atoms with Crippen molar-refractivity contribution < 1.29 is 0 Å². The zero-order valence-corrected chi connectivity index (χ0v) is 10.4. The highest BCUT2D eigenvalue weighted by Gasteiger charge is 2.07. The van der Waals surface area contributed by atoms with Gasteiger partial charge in [0.1, 0.15) is 0 Å². The lowest BCUT2D eigenvalue weighted by atomic mass is 10.0. The van der Waals surface area contributed by atoms with Gasteiger partial charge in [-0.25, -0.2) is 4.68 Å². The highest BCUT2D eigenvalue weighted by molar-refractivity contribution is 5.34. The fourth-order valence-electron chi connectivity index (χ4n) is 2.03. The van der Waals surface area contributed by atoms with Crippen molar-refractivity contribution in [3.05, 3.63) is 48.3 Å². The fraction of sp³-hybridized carbons (Fsp3) is 0.357. The molecule has 90 valence electrons. The zero-order chi connectivity index (χ0) is 12.1. The minimum absolute atomic E-state index is 0.451.